The number of hydrogen-bond donors (Lipinski definition) is 5. The van der Waals surface area contributed by atoms with E-state index in [1.54, 1.807) is 16.2 Å². The second-order valence-electron chi connectivity index (χ2n) is 10.8. The van der Waals surface area contributed by atoms with Crippen LogP contribution in [0, 0.1) is 12.3 Å². The number of amides is 1. The molecule has 2 heterocycles. The van der Waals surface area contributed by atoms with Crippen LogP contribution >= 0.6 is 11.3 Å². The third-order valence-electron chi connectivity index (χ3n) is 6.86. The highest BCUT2D eigenvalue weighted by Crippen LogP contribution is 2.29. The van der Waals surface area contributed by atoms with Crippen LogP contribution in [0.3, 0.4) is 0 Å². The van der Waals surface area contributed by atoms with Crippen molar-refractivity contribution in [3.8, 4) is 10.4 Å². The van der Waals surface area contributed by atoms with Gasteiger partial charge < -0.3 is 26.6 Å². The number of nitrogens with zero attached hydrogens (tertiary/aromatic N) is 2. The van der Waals surface area contributed by atoms with Gasteiger partial charge in [-0.05, 0) is 55.8 Å². The van der Waals surface area contributed by atoms with Crippen molar-refractivity contribution in [3.05, 3.63) is 41.0 Å². The summed E-state index contributed by atoms with van der Waals surface area (Å²) in [5, 5.41) is 28.3. The molecule has 36 heavy (non-hydrogen) atoms. The first-order valence-electron chi connectivity index (χ1n) is 12.9. The largest absolute Gasteiger partial charge is 0.392 e. The van der Waals surface area contributed by atoms with Crippen LogP contribution in [0.1, 0.15) is 57.7 Å². The smallest absolute Gasteiger partial charge is 0.237 e. The summed E-state index contributed by atoms with van der Waals surface area (Å²) in [5.74, 6) is -0.177. The van der Waals surface area contributed by atoms with E-state index >= 15 is 0 Å². The first-order chi connectivity index (χ1) is 17.1. The number of carbonyl (C=O) groups is 1. The number of aromatic nitrogens is 1. The van der Waals surface area contributed by atoms with Crippen molar-refractivity contribution in [1.29, 1.82) is 0 Å². The Morgan fingerprint density at radius 3 is 2.58 bits per heavy atom. The maximum Gasteiger partial charge on any atom is 0.237 e. The average Bonchev–Trinajstić information content (AvgIpc) is 3.44. The molecule has 1 aliphatic rings. The van der Waals surface area contributed by atoms with Gasteiger partial charge in [-0.3, -0.25) is 9.69 Å². The van der Waals surface area contributed by atoms with Crippen LogP contribution in [0.4, 0.5) is 0 Å². The first kappa shape index (κ1) is 28.7. The lowest BCUT2D eigenvalue weighted by Gasteiger charge is -2.41. The normalized spacial score (nSPS) is 20.4. The van der Waals surface area contributed by atoms with Gasteiger partial charge in [-0.25, -0.2) is 4.98 Å². The molecule has 0 aliphatic carbocycles. The molecule has 1 unspecified atom stereocenters. The van der Waals surface area contributed by atoms with Crippen LogP contribution in [0.2, 0.25) is 0 Å². The molecule has 1 aliphatic heterocycles. The van der Waals surface area contributed by atoms with Crippen LogP contribution in [0.25, 0.3) is 10.4 Å². The summed E-state index contributed by atoms with van der Waals surface area (Å²) in [7, 11) is 0. The molecule has 6 N–H and O–H groups in total. The number of aliphatic hydroxyl groups excluding tert-OH is 2. The number of nitrogens with one attached hydrogen (secondary N) is 2. The predicted octanol–water partition coefficient (Wildman–Crippen LogP) is 2.62. The Morgan fingerprint density at radius 2 is 1.97 bits per heavy atom. The highest BCUT2D eigenvalue weighted by molar-refractivity contribution is 7.13. The molecule has 0 bridgehead atoms. The van der Waals surface area contributed by atoms with E-state index in [1.165, 1.54) is 0 Å². The quantitative estimate of drug-likeness (QED) is 0.274. The number of thiazole rings is 1. The number of rotatable bonds is 12. The zero-order valence-corrected chi connectivity index (χ0v) is 22.9. The Kier molecular flexibility index (Phi) is 10.4. The minimum atomic E-state index is -0.894. The van der Waals surface area contributed by atoms with Gasteiger partial charge in [0.1, 0.15) is 6.23 Å². The summed E-state index contributed by atoms with van der Waals surface area (Å²) in [6.07, 6.45) is 1.76. The number of likely N-dealkylation sites (tertiary alicyclic amines) is 1. The Bertz CT molecular complexity index is 959. The highest BCUT2D eigenvalue weighted by atomic mass is 32.1. The molecular weight excluding hydrogens is 474 g/mol. The molecule has 4 atom stereocenters. The van der Waals surface area contributed by atoms with Gasteiger partial charge in [0, 0.05) is 13.1 Å². The molecule has 2 aromatic rings. The topological polar surface area (TPSA) is 124 Å². The molecule has 0 spiro atoms. The molecule has 200 valence electrons. The lowest BCUT2D eigenvalue weighted by Crippen LogP contribution is -2.59. The van der Waals surface area contributed by atoms with E-state index in [1.807, 2.05) is 36.7 Å². The average molecular weight is 518 g/mol. The number of β-amino-alcohol motifs (C(OH)–C–C–N with tert-alkyl or cyclic N) is 1. The van der Waals surface area contributed by atoms with Crippen LogP contribution in [-0.2, 0) is 11.3 Å². The van der Waals surface area contributed by atoms with Crippen LogP contribution in [-0.4, -0.2) is 70.1 Å². The maximum atomic E-state index is 13.2. The summed E-state index contributed by atoms with van der Waals surface area (Å²) in [4.78, 5) is 20.4. The summed E-state index contributed by atoms with van der Waals surface area (Å²) in [6, 6.07) is 7.27. The number of aryl methyl sites for hydroxylation is 1. The third kappa shape index (κ3) is 7.57. The van der Waals surface area contributed by atoms with E-state index in [4.69, 9.17) is 5.73 Å². The van der Waals surface area contributed by atoms with Crippen molar-refractivity contribution in [2.45, 2.75) is 84.3 Å². The standard InChI is InChI=1S/C27H43N5O3S/c1-18-23(36-17-31-18)20-10-8-19(9-11-20)15-30-25(34)22-14-21(33)16-32(22)26(35)24(27(2,3)4)29-13-7-5-6-12-28/h8-11,17,21-22,24,26,29,33,35H,5-7,12-16,28H2,1-4H3,(H,30,34)/t21-,22+,24-,26?/m1/s1. The molecule has 0 saturated carbocycles. The van der Waals surface area contributed by atoms with E-state index in [0.29, 0.717) is 19.5 Å². The van der Waals surface area contributed by atoms with Crippen molar-refractivity contribution in [1.82, 2.24) is 20.5 Å². The number of nitrogens with two attached hydrogens (primary N) is 1. The number of unbranched alkanes of at least 4 members (excludes halogenated alkanes) is 2. The first-order valence-corrected chi connectivity index (χ1v) is 13.8. The number of carbonyl (C=O) groups excluding carboxylic acids is 1. The second-order valence-corrected chi connectivity index (χ2v) is 11.7. The summed E-state index contributed by atoms with van der Waals surface area (Å²) >= 11 is 1.61. The minimum Gasteiger partial charge on any atom is -0.392 e. The Labute approximate surface area is 219 Å². The van der Waals surface area contributed by atoms with Crippen molar-refractivity contribution >= 4 is 17.2 Å². The molecule has 1 aromatic carbocycles. The molecule has 9 heteroatoms. The van der Waals surface area contributed by atoms with Crippen LogP contribution in [0.15, 0.2) is 29.8 Å². The second kappa shape index (κ2) is 13.1. The predicted molar refractivity (Wildman–Crippen MR) is 145 cm³/mol. The van der Waals surface area contributed by atoms with Crippen LogP contribution in [0.5, 0.6) is 0 Å². The van der Waals surface area contributed by atoms with Gasteiger partial charge in [0.05, 0.1) is 34.3 Å². The molecular formula is C27H43N5O3S. The fourth-order valence-electron chi connectivity index (χ4n) is 4.80. The number of aliphatic hydroxyl groups is 2. The molecule has 1 saturated heterocycles. The lowest BCUT2D eigenvalue weighted by atomic mass is 9.84. The molecule has 8 nitrogen and oxygen atoms in total. The van der Waals surface area contributed by atoms with Crippen LogP contribution < -0.4 is 16.4 Å². The number of hydrogen-bond acceptors (Lipinski definition) is 8. The molecule has 1 aromatic heterocycles. The Morgan fingerprint density at radius 1 is 1.25 bits per heavy atom. The van der Waals surface area contributed by atoms with Gasteiger partial charge >= 0.3 is 0 Å². The fourth-order valence-corrected chi connectivity index (χ4v) is 5.61. The van der Waals surface area contributed by atoms with Crippen molar-refractivity contribution in [3.63, 3.8) is 0 Å². The zero-order chi connectivity index (χ0) is 26.3. The van der Waals surface area contributed by atoms with Crippen molar-refractivity contribution in [2.75, 3.05) is 19.6 Å². The van der Waals surface area contributed by atoms with E-state index in [0.717, 1.165) is 47.5 Å². The summed E-state index contributed by atoms with van der Waals surface area (Å²) in [6.45, 7) is 10.3. The van der Waals surface area contributed by atoms with E-state index in [9.17, 15) is 15.0 Å². The van der Waals surface area contributed by atoms with Gasteiger partial charge in [-0.2, -0.15) is 0 Å². The Balaban J connectivity index is 1.61. The summed E-state index contributed by atoms with van der Waals surface area (Å²) in [5.41, 5.74) is 10.3. The van der Waals surface area contributed by atoms with Gasteiger partial charge in [-0.1, -0.05) is 51.5 Å². The minimum absolute atomic E-state index is 0.177. The molecule has 1 fully saturated rings. The van der Waals surface area contributed by atoms with Gasteiger partial charge in [0.2, 0.25) is 5.91 Å². The summed E-state index contributed by atoms with van der Waals surface area (Å²) < 4.78 is 0. The maximum absolute atomic E-state index is 13.2. The lowest BCUT2D eigenvalue weighted by molar-refractivity contribution is -0.132. The Hall–Kier alpha value is -1.88. The van der Waals surface area contributed by atoms with E-state index in [-0.39, 0.29) is 23.9 Å². The monoisotopic (exact) mass is 517 g/mol. The third-order valence-corrected chi connectivity index (χ3v) is 7.84. The van der Waals surface area contributed by atoms with Crippen molar-refractivity contribution in [2.24, 2.45) is 11.1 Å². The van der Waals surface area contributed by atoms with Gasteiger partial charge in [0.25, 0.3) is 0 Å². The SMILES string of the molecule is Cc1ncsc1-c1ccc(CNC(=O)[C@@H]2C[C@@H](O)CN2C(O)[C@@H](NCCCCCN)C(C)(C)C)cc1. The number of benzene rings is 1. The fraction of sp³-hybridized carbons (Fsp3) is 0.630. The van der Waals surface area contributed by atoms with Crippen molar-refractivity contribution < 1.29 is 15.0 Å². The molecule has 1 amide bonds. The zero-order valence-electron chi connectivity index (χ0n) is 22.0. The van der Waals surface area contributed by atoms with E-state index < -0.39 is 18.4 Å². The molecule has 0 radical (unpaired) electrons. The van der Waals surface area contributed by atoms with E-state index in [2.05, 4.69) is 36.4 Å². The highest BCUT2D eigenvalue weighted by Gasteiger charge is 2.44. The molecule has 3 rings (SSSR count). The van der Waals surface area contributed by atoms with Gasteiger partial charge in [0.15, 0.2) is 0 Å². The van der Waals surface area contributed by atoms with Gasteiger partial charge in [-0.15, -0.1) is 11.3 Å².